The predicted octanol–water partition coefficient (Wildman–Crippen LogP) is 0.213. The van der Waals surface area contributed by atoms with Crippen LogP contribution < -0.4 is 5.73 Å². The van der Waals surface area contributed by atoms with Crippen LogP contribution in [0, 0.1) is 0 Å². The maximum atomic E-state index is 8.87. The maximum absolute atomic E-state index is 8.87. The lowest BCUT2D eigenvalue weighted by Crippen LogP contribution is -2.35. The quantitative estimate of drug-likeness (QED) is 0.709. The number of aliphatic hydroxyl groups excluding tert-OH is 1. The number of hydrogen-bond acceptors (Lipinski definition) is 4. The first-order valence-corrected chi connectivity index (χ1v) is 5.08. The molecule has 2 rings (SSSR count). The third-order valence-electron chi connectivity index (χ3n) is 2.84. The van der Waals surface area contributed by atoms with Crippen molar-refractivity contribution >= 4 is 0 Å². The largest absolute Gasteiger partial charge is 0.390 e. The topological polar surface area (TPSA) is 77.0 Å². The molecule has 1 fully saturated rings. The molecule has 5 nitrogen and oxygen atoms in total. The van der Waals surface area contributed by atoms with Crippen LogP contribution in [0.2, 0.25) is 0 Å². The lowest BCUT2D eigenvalue weighted by Gasteiger charge is -2.28. The second-order valence-electron chi connectivity index (χ2n) is 3.86. The van der Waals surface area contributed by atoms with E-state index in [1.54, 1.807) is 10.9 Å². The molecule has 78 valence electrons. The van der Waals surface area contributed by atoms with Gasteiger partial charge >= 0.3 is 0 Å². The summed E-state index contributed by atoms with van der Waals surface area (Å²) in [5.74, 6) is 0. The van der Waals surface area contributed by atoms with Gasteiger partial charge in [0.2, 0.25) is 0 Å². The van der Waals surface area contributed by atoms with E-state index >= 15 is 0 Å². The van der Waals surface area contributed by atoms with Crippen LogP contribution >= 0.6 is 0 Å². The zero-order valence-corrected chi connectivity index (χ0v) is 8.13. The van der Waals surface area contributed by atoms with Crippen molar-refractivity contribution in [2.24, 2.45) is 5.73 Å². The molecule has 2 unspecified atom stereocenters. The van der Waals surface area contributed by atoms with Gasteiger partial charge in [0.1, 0.15) is 5.69 Å². The van der Waals surface area contributed by atoms with Gasteiger partial charge in [0.05, 0.1) is 18.8 Å². The summed E-state index contributed by atoms with van der Waals surface area (Å²) >= 11 is 0. The van der Waals surface area contributed by atoms with Crippen molar-refractivity contribution in [1.29, 1.82) is 0 Å². The minimum absolute atomic E-state index is 0.0536. The monoisotopic (exact) mass is 196 g/mol. The molecular formula is C9H16N4O. The lowest BCUT2D eigenvalue weighted by atomic mass is 9.91. The molecule has 0 bridgehead atoms. The number of rotatable bonds is 2. The summed E-state index contributed by atoms with van der Waals surface area (Å²) in [6, 6.07) is 0.438. The highest BCUT2D eigenvalue weighted by atomic mass is 16.3. The third-order valence-corrected chi connectivity index (χ3v) is 2.84. The highest BCUT2D eigenvalue weighted by Gasteiger charge is 2.24. The van der Waals surface area contributed by atoms with Crippen molar-refractivity contribution in [3.8, 4) is 0 Å². The molecule has 5 heteroatoms. The summed E-state index contributed by atoms with van der Waals surface area (Å²) in [4.78, 5) is 0. The Kier molecular flexibility index (Phi) is 2.79. The first-order valence-electron chi connectivity index (χ1n) is 5.08. The van der Waals surface area contributed by atoms with E-state index in [0.717, 1.165) is 12.8 Å². The summed E-state index contributed by atoms with van der Waals surface area (Å²) in [5.41, 5.74) is 6.62. The standard InChI is InChI=1S/C9H16N4O/c10-8-3-1-2-4-9(8)13-5-7(6-14)11-12-13/h5,8-9,14H,1-4,6,10H2. The molecule has 1 aromatic rings. The minimum Gasteiger partial charge on any atom is -0.390 e. The summed E-state index contributed by atoms with van der Waals surface area (Å²) in [6.07, 6.45) is 6.32. The summed E-state index contributed by atoms with van der Waals surface area (Å²) in [5, 5.41) is 16.7. The molecule has 0 spiro atoms. The molecule has 0 aliphatic heterocycles. The molecule has 1 aromatic heterocycles. The SMILES string of the molecule is NC1CCCCC1n1cc(CO)nn1. The molecule has 0 saturated heterocycles. The highest BCUT2D eigenvalue weighted by Crippen LogP contribution is 2.26. The molecule has 2 atom stereocenters. The first kappa shape index (κ1) is 9.61. The van der Waals surface area contributed by atoms with Crippen molar-refractivity contribution in [3.05, 3.63) is 11.9 Å². The van der Waals surface area contributed by atoms with E-state index in [9.17, 15) is 0 Å². The minimum atomic E-state index is -0.0536. The fourth-order valence-electron chi connectivity index (χ4n) is 2.02. The molecule has 0 aromatic carbocycles. The molecule has 3 N–H and O–H groups in total. The fourth-order valence-corrected chi connectivity index (χ4v) is 2.02. The Morgan fingerprint density at radius 1 is 1.50 bits per heavy atom. The van der Waals surface area contributed by atoms with Crippen LogP contribution in [0.25, 0.3) is 0 Å². The van der Waals surface area contributed by atoms with Crippen LogP contribution in [0.1, 0.15) is 37.4 Å². The van der Waals surface area contributed by atoms with E-state index < -0.39 is 0 Å². The average molecular weight is 196 g/mol. The van der Waals surface area contributed by atoms with Gasteiger partial charge in [-0.15, -0.1) is 5.10 Å². The fraction of sp³-hybridized carbons (Fsp3) is 0.778. The van der Waals surface area contributed by atoms with Gasteiger partial charge in [0.25, 0.3) is 0 Å². The Morgan fingerprint density at radius 2 is 2.29 bits per heavy atom. The highest BCUT2D eigenvalue weighted by molar-refractivity contribution is 4.93. The van der Waals surface area contributed by atoms with E-state index in [1.807, 2.05) is 0 Å². The van der Waals surface area contributed by atoms with Crippen molar-refractivity contribution in [1.82, 2.24) is 15.0 Å². The Morgan fingerprint density at radius 3 is 2.93 bits per heavy atom. The number of nitrogens with zero attached hydrogens (tertiary/aromatic N) is 3. The van der Waals surface area contributed by atoms with Gasteiger partial charge in [0, 0.05) is 6.04 Å². The Labute approximate surface area is 82.9 Å². The van der Waals surface area contributed by atoms with Crippen molar-refractivity contribution in [2.45, 2.75) is 44.4 Å². The Hall–Kier alpha value is -0.940. The number of aliphatic hydroxyl groups is 1. The van der Waals surface area contributed by atoms with Crippen LogP contribution in [0.15, 0.2) is 6.20 Å². The molecule has 0 radical (unpaired) electrons. The van der Waals surface area contributed by atoms with Gasteiger partial charge in [0.15, 0.2) is 0 Å². The number of aromatic nitrogens is 3. The van der Waals surface area contributed by atoms with Gasteiger partial charge in [-0.2, -0.15) is 0 Å². The van der Waals surface area contributed by atoms with E-state index in [0.29, 0.717) is 5.69 Å². The van der Waals surface area contributed by atoms with Gasteiger partial charge in [-0.1, -0.05) is 18.1 Å². The Balaban J connectivity index is 2.12. The molecular weight excluding hydrogens is 180 g/mol. The molecule has 0 amide bonds. The van der Waals surface area contributed by atoms with Gasteiger partial charge in [-0.05, 0) is 12.8 Å². The third kappa shape index (κ3) is 1.78. The number of nitrogens with two attached hydrogens (primary N) is 1. The second-order valence-corrected chi connectivity index (χ2v) is 3.86. The predicted molar refractivity (Wildman–Crippen MR) is 51.4 cm³/mol. The zero-order valence-electron chi connectivity index (χ0n) is 8.13. The lowest BCUT2D eigenvalue weighted by molar-refractivity contribution is 0.275. The zero-order chi connectivity index (χ0) is 9.97. The average Bonchev–Trinajstić information content (AvgIpc) is 2.67. The van der Waals surface area contributed by atoms with Gasteiger partial charge < -0.3 is 10.8 Å². The molecule has 1 aliphatic rings. The van der Waals surface area contributed by atoms with Crippen LogP contribution in [0.4, 0.5) is 0 Å². The molecule has 1 aliphatic carbocycles. The van der Waals surface area contributed by atoms with Gasteiger partial charge in [-0.25, -0.2) is 4.68 Å². The van der Waals surface area contributed by atoms with Crippen molar-refractivity contribution in [2.75, 3.05) is 0 Å². The van der Waals surface area contributed by atoms with Crippen LogP contribution in [0.5, 0.6) is 0 Å². The van der Waals surface area contributed by atoms with E-state index in [2.05, 4.69) is 10.3 Å². The van der Waals surface area contributed by atoms with Crippen molar-refractivity contribution < 1.29 is 5.11 Å². The normalized spacial score (nSPS) is 27.9. The first-order chi connectivity index (χ1) is 6.81. The summed E-state index contributed by atoms with van der Waals surface area (Å²) < 4.78 is 1.80. The van der Waals surface area contributed by atoms with Gasteiger partial charge in [-0.3, -0.25) is 0 Å². The van der Waals surface area contributed by atoms with Crippen LogP contribution in [0.3, 0.4) is 0 Å². The summed E-state index contributed by atoms with van der Waals surface area (Å²) in [6.45, 7) is -0.0536. The van der Waals surface area contributed by atoms with Crippen LogP contribution in [-0.4, -0.2) is 26.1 Å². The maximum Gasteiger partial charge on any atom is 0.108 e. The van der Waals surface area contributed by atoms with Crippen LogP contribution in [-0.2, 0) is 6.61 Å². The van der Waals surface area contributed by atoms with E-state index in [4.69, 9.17) is 10.8 Å². The Bertz CT molecular complexity index is 299. The summed E-state index contributed by atoms with van der Waals surface area (Å²) in [7, 11) is 0. The second kappa shape index (κ2) is 4.06. The molecule has 14 heavy (non-hydrogen) atoms. The van der Waals surface area contributed by atoms with Crippen molar-refractivity contribution in [3.63, 3.8) is 0 Å². The number of hydrogen-bond donors (Lipinski definition) is 2. The molecule has 1 saturated carbocycles. The molecule has 1 heterocycles. The smallest absolute Gasteiger partial charge is 0.108 e. The van der Waals surface area contributed by atoms with E-state index in [1.165, 1.54) is 12.8 Å². The van der Waals surface area contributed by atoms with E-state index in [-0.39, 0.29) is 18.7 Å².